The summed E-state index contributed by atoms with van der Waals surface area (Å²) < 4.78 is 26.7. The first kappa shape index (κ1) is 15.8. The van der Waals surface area contributed by atoms with Gasteiger partial charge in [0.05, 0.1) is 0 Å². The van der Waals surface area contributed by atoms with Crippen molar-refractivity contribution in [3.63, 3.8) is 0 Å². The van der Waals surface area contributed by atoms with Crippen LogP contribution in [0.5, 0.6) is 0 Å². The number of hydrogen-bond acceptors (Lipinski definition) is 4. The van der Waals surface area contributed by atoms with Crippen molar-refractivity contribution in [3.05, 3.63) is 0 Å². The van der Waals surface area contributed by atoms with Crippen molar-refractivity contribution in [2.24, 2.45) is 0 Å². The van der Waals surface area contributed by atoms with Gasteiger partial charge < -0.3 is 9.11 Å². The van der Waals surface area contributed by atoms with Crippen molar-refractivity contribution < 1.29 is 30.4 Å². The first-order chi connectivity index (χ1) is 2.00. The van der Waals surface area contributed by atoms with E-state index in [0.717, 1.165) is 0 Å². The van der Waals surface area contributed by atoms with Crippen LogP contribution in [0.1, 0.15) is 0 Å². The summed E-state index contributed by atoms with van der Waals surface area (Å²) in [5.41, 5.74) is 0. The monoisotopic (exact) mass is 202 g/mol. The fourth-order valence-corrected chi connectivity index (χ4v) is 0. The summed E-state index contributed by atoms with van der Waals surface area (Å²) in [4.78, 5) is 0. The molecule has 0 fully saturated rings. The minimum atomic E-state index is -4.33. The molecule has 41 valence electrons. The summed E-state index contributed by atoms with van der Waals surface area (Å²) in [6.45, 7) is 0. The minimum Gasteiger partial charge on any atom is -0.780 e. The molecule has 0 N–H and O–H groups in total. The third-order valence-corrected chi connectivity index (χ3v) is 0. The van der Waals surface area contributed by atoms with Gasteiger partial charge in [-0.3, -0.25) is 4.21 Å². The third-order valence-electron chi connectivity index (χ3n) is 0. The van der Waals surface area contributed by atoms with Crippen LogP contribution in [0.3, 0.4) is 0 Å². The van der Waals surface area contributed by atoms with E-state index in [0.29, 0.717) is 0 Å². The van der Waals surface area contributed by atoms with Crippen LogP contribution >= 0.6 is 0 Å². The van der Waals surface area contributed by atoms with Crippen molar-refractivity contribution in [1.82, 2.24) is 0 Å². The number of rotatable bonds is 0. The largest absolute Gasteiger partial charge is 3.00 e. The van der Waals surface area contributed by atoms with E-state index in [4.69, 9.17) is 13.3 Å². The molecule has 0 aliphatic heterocycles. The Morgan fingerprint density at radius 3 is 1.43 bits per heavy atom. The van der Waals surface area contributed by atoms with Gasteiger partial charge >= 0.3 is 34.4 Å². The second kappa shape index (κ2) is 5.48. The molecule has 0 atom stereocenters. The van der Waals surface area contributed by atoms with E-state index in [-0.39, 0.29) is 34.4 Å². The van der Waals surface area contributed by atoms with Gasteiger partial charge in [-0.05, 0) is 11.2 Å². The molecule has 0 unspecified atom stereocenters. The zero-order chi connectivity index (χ0) is 4.50. The first-order valence-corrected chi connectivity index (χ1v) is 3.00. The van der Waals surface area contributed by atoms with E-state index < -0.39 is 9.05 Å². The topological polar surface area (TPSA) is 63.2 Å². The van der Waals surface area contributed by atoms with E-state index in [1.807, 2.05) is 0 Å². The van der Waals surface area contributed by atoms with Gasteiger partial charge in [0.15, 0.2) is 0 Å². The quantitative estimate of drug-likeness (QED) is 0.454. The maximum atomic E-state index is 8.89. The predicted molar refractivity (Wildman–Crippen MR) is 22.8 cm³/mol. The van der Waals surface area contributed by atoms with Crippen LogP contribution in [0.4, 0.5) is 0 Å². The molecule has 0 bridgehead atoms. The van der Waals surface area contributed by atoms with Gasteiger partial charge in [0, 0.05) is 0 Å². The molecule has 0 aromatic heterocycles. The zero-order valence-electron chi connectivity index (χ0n) is 2.92. The summed E-state index contributed by atoms with van der Waals surface area (Å²) in [6.07, 6.45) is 0. The van der Waals surface area contributed by atoms with Crippen LogP contribution < -0.4 is 0 Å². The smallest absolute Gasteiger partial charge is 0.780 e. The van der Waals surface area contributed by atoms with Crippen molar-refractivity contribution in [1.29, 1.82) is 0 Å². The Morgan fingerprint density at radius 2 is 1.43 bits per heavy atom. The van der Waals surface area contributed by atoms with E-state index in [1.165, 1.54) is 0 Å². The summed E-state index contributed by atoms with van der Waals surface area (Å²) in [6, 6.07) is 0. The van der Waals surface area contributed by atoms with Crippen molar-refractivity contribution >= 4 is 37.6 Å². The van der Waals surface area contributed by atoms with Crippen LogP contribution in [-0.4, -0.2) is 30.7 Å². The summed E-state index contributed by atoms with van der Waals surface area (Å²) in [5, 5.41) is 0. The first-order valence-electron chi connectivity index (χ1n) is 0.667. The second-order valence-corrected chi connectivity index (χ2v) is 2.45. The Morgan fingerprint density at radius 1 is 1.43 bits per heavy atom. The van der Waals surface area contributed by atoms with Gasteiger partial charge in [0.25, 0.3) is 0 Å². The van der Waals surface area contributed by atoms with Crippen molar-refractivity contribution in [2.75, 3.05) is 0 Å². The molecule has 0 rings (SSSR count). The molecule has 0 aliphatic carbocycles. The third kappa shape index (κ3) is 116. The van der Waals surface area contributed by atoms with E-state index in [1.54, 1.807) is 0 Å². The number of hydrogen-bond donors (Lipinski definition) is 0. The molecule has 7 heteroatoms. The fourth-order valence-electron chi connectivity index (χ4n) is 0. The van der Waals surface area contributed by atoms with Crippen molar-refractivity contribution in [3.8, 4) is 0 Å². The van der Waals surface area contributed by atoms with Gasteiger partial charge in [-0.25, -0.2) is 0 Å². The summed E-state index contributed by atoms with van der Waals surface area (Å²) in [7, 11) is -4.33. The van der Waals surface area contributed by atoms with Crippen LogP contribution in [0.15, 0.2) is 0 Å². The average Bonchev–Trinajstić information content (AvgIpc) is 0.722. The van der Waals surface area contributed by atoms with Crippen molar-refractivity contribution in [2.45, 2.75) is 0 Å². The Bertz CT molecular complexity index is 96.1. The maximum Gasteiger partial charge on any atom is 3.00 e. The van der Waals surface area contributed by atoms with E-state index in [2.05, 4.69) is 11.2 Å². The van der Waals surface area contributed by atoms with Crippen LogP contribution in [0.25, 0.3) is 0 Å². The zero-order valence-corrected chi connectivity index (χ0v) is 6.65. The second-order valence-electron chi connectivity index (χ2n) is 0.408. The Labute approximate surface area is 67.8 Å². The van der Waals surface area contributed by atoms with E-state index >= 15 is 0 Å². The molecule has 0 amide bonds. The Balaban J connectivity index is -0.0000000800. The maximum absolute atomic E-state index is 8.89. The Hall–Kier alpha value is 1.34. The van der Waals surface area contributed by atoms with E-state index in [9.17, 15) is 0 Å². The molecular weight excluding hydrogens is 203 g/mol. The van der Waals surface area contributed by atoms with Gasteiger partial charge in [0.2, 0.25) is 0 Å². The molecule has 3 nitrogen and oxygen atoms in total. The molecule has 0 aromatic carbocycles. The fraction of sp³-hybridized carbons (Fsp3) is 0. The summed E-state index contributed by atoms with van der Waals surface area (Å²) >= 11 is 3.24. The standard InChI is InChI=1S/Al.Cu.H2O3S2/c;;1-5(2,3)4/h;;(H2,1,2,3,4)/q+3;+2;/p-2. The molecule has 0 saturated carbocycles. The van der Waals surface area contributed by atoms with Crippen LogP contribution in [-0.2, 0) is 37.3 Å². The predicted octanol–water partition coefficient (Wildman–Crippen LogP) is -1.39. The Kier molecular flexibility index (Phi) is 12.3. The SMILES string of the molecule is O=S([O-])([O-])=S.[Al+3].[Cu+2]. The van der Waals surface area contributed by atoms with Gasteiger partial charge in [-0.2, -0.15) is 0 Å². The van der Waals surface area contributed by atoms with Gasteiger partial charge in [-0.15, -0.1) is 9.05 Å². The average molecular weight is 203 g/mol. The van der Waals surface area contributed by atoms with Crippen LogP contribution in [0, 0.1) is 0 Å². The normalized spacial score (nSPS) is 8.29. The molecule has 0 aromatic rings. The molecule has 0 heterocycles. The molecule has 0 saturated heterocycles. The van der Waals surface area contributed by atoms with Gasteiger partial charge in [-0.1, -0.05) is 0 Å². The van der Waals surface area contributed by atoms with Gasteiger partial charge in [0.1, 0.15) is 0 Å². The van der Waals surface area contributed by atoms with Crippen LogP contribution in [0.2, 0.25) is 0 Å². The molecule has 0 aliphatic rings. The molecule has 1 radical (unpaired) electrons. The molecular formula is AlCuO3S2+3. The summed E-state index contributed by atoms with van der Waals surface area (Å²) in [5.74, 6) is 0. The molecule has 7 heavy (non-hydrogen) atoms. The molecule has 0 spiro atoms. The minimum absolute atomic E-state index is 0.